The molecule has 4 rings (SSSR count). The molecular weight excluding hydrogens is 386 g/mol. The van der Waals surface area contributed by atoms with E-state index in [0.29, 0.717) is 17.3 Å². The van der Waals surface area contributed by atoms with Gasteiger partial charge >= 0.3 is 0 Å². The molecule has 1 unspecified atom stereocenters. The van der Waals surface area contributed by atoms with Crippen molar-refractivity contribution in [2.45, 2.75) is 37.7 Å². The monoisotopic (exact) mass is 409 g/mol. The molecule has 0 saturated carbocycles. The lowest BCUT2D eigenvalue weighted by Gasteiger charge is -2.36. The standard InChI is InChI=1S/C21H23N5O2S/c1-3-16-6-4-5-7-17(16)22-21(28)13-29-20-24-23-18(19(27)26(20)25-21)12-15-10-8-14(2)9-11-15/h4-11,22,25,28H,3,12-13H2,1-2H3. The first-order chi connectivity index (χ1) is 14.0. The van der Waals surface area contributed by atoms with Gasteiger partial charge in [0.25, 0.3) is 5.56 Å². The third kappa shape index (κ3) is 4.13. The van der Waals surface area contributed by atoms with Crippen molar-refractivity contribution < 1.29 is 5.11 Å². The molecule has 0 spiro atoms. The molecule has 0 aliphatic carbocycles. The highest BCUT2D eigenvalue weighted by atomic mass is 32.2. The molecule has 1 aliphatic rings. The van der Waals surface area contributed by atoms with Gasteiger partial charge in [0.05, 0.1) is 5.75 Å². The molecule has 0 radical (unpaired) electrons. The van der Waals surface area contributed by atoms with E-state index in [1.165, 1.54) is 16.4 Å². The molecule has 1 atom stereocenters. The van der Waals surface area contributed by atoms with Gasteiger partial charge < -0.3 is 10.4 Å². The number of hydrogen-bond donors (Lipinski definition) is 3. The maximum atomic E-state index is 13.0. The van der Waals surface area contributed by atoms with E-state index in [9.17, 15) is 9.90 Å². The summed E-state index contributed by atoms with van der Waals surface area (Å²) in [5, 5.41) is 22.9. The van der Waals surface area contributed by atoms with Gasteiger partial charge in [-0.15, -0.1) is 10.2 Å². The van der Waals surface area contributed by atoms with E-state index in [-0.39, 0.29) is 11.3 Å². The second-order valence-electron chi connectivity index (χ2n) is 7.13. The second-order valence-corrected chi connectivity index (χ2v) is 8.07. The van der Waals surface area contributed by atoms with Crippen molar-refractivity contribution in [3.8, 4) is 0 Å². The SMILES string of the molecule is CCc1ccccc1NC1(O)CSc2nnc(Cc3ccc(C)cc3)c(=O)n2N1. The molecule has 2 aromatic carbocycles. The van der Waals surface area contributed by atoms with Crippen molar-refractivity contribution in [3.05, 3.63) is 81.3 Å². The van der Waals surface area contributed by atoms with E-state index in [1.54, 1.807) is 0 Å². The Bertz CT molecular complexity index is 1080. The average Bonchev–Trinajstić information content (AvgIpc) is 2.72. The maximum Gasteiger partial charge on any atom is 0.295 e. The van der Waals surface area contributed by atoms with E-state index in [1.807, 2.05) is 55.5 Å². The lowest BCUT2D eigenvalue weighted by molar-refractivity contribution is 0.104. The van der Waals surface area contributed by atoms with Crippen LogP contribution in [0.5, 0.6) is 0 Å². The van der Waals surface area contributed by atoms with Gasteiger partial charge in [-0.05, 0) is 30.5 Å². The smallest absolute Gasteiger partial charge is 0.295 e. The number of aromatic nitrogens is 3. The Kier molecular flexibility index (Phi) is 5.29. The number of nitrogens with one attached hydrogen (secondary N) is 2. The molecule has 8 heteroatoms. The zero-order valence-electron chi connectivity index (χ0n) is 16.3. The number of rotatable bonds is 5. The fourth-order valence-corrected chi connectivity index (χ4v) is 4.06. The number of nitrogens with zero attached hydrogens (tertiary/aromatic N) is 3. The van der Waals surface area contributed by atoms with Gasteiger partial charge in [-0.1, -0.05) is 66.7 Å². The Morgan fingerprint density at radius 3 is 2.72 bits per heavy atom. The van der Waals surface area contributed by atoms with Crippen LogP contribution < -0.4 is 16.3 Å². The van der Waals surface area contributed by atoms with Crippen molar-refractivity contribution in [2.75, 3.05) is 16.5 Å². The van der Waals surface area contributed by atoms with E-state index in [2.05, 4.69) is 27.9 Å². The first-order valence-electron chi connectivity index (χ1n) is 9.51. The molecule has 1 aliphatic heterocycles. The highest BCUT2D eigenvalue weighted by molar-refractivity contribution is 7.99. The second kappa shape index (κ2) is 7.88. The van der Waals surface area contributed by atoms with Gasteiger partial charge in [0.2, 0.25) is 11.0 Å². The van der Waals surface area contributed by atoms with E-state index >= 15 is 0 Å². The van der Waals surface area contributed by atoms with Crippen LogP contribution in [0, 0.1) is 6.92 Å². The fourth-order valence-electron chi connectivity index (χ4n) is 3.23. The molecule has 7 nitrogen and oxygen atoms in total. The van der Waals surface area contributed by atoms with E-state index in [0.717, 1.165) is 28.8 Å². The van der Waals surface area contributed by atoms with Crippen molar-refractivity contribution in [2.24, 2.45) is 0 Å². The third-order valence-corrected chi connectivity index (χ3v) is 5.92. The number of benzene rings is 2. The molecule has 1 aromatic heterocycles. The summed E-state index contributed by atoms with van der Waals surface area (Å²) in [6.45, 7) is 4.07. The van der Waals surface area contributed by atoms with Crippen LogP contribution in [0.2, 0.25) is 0 Å². The molecule has 0 saturated heterocycles. The highest BCUT2D eigenvalue weighted by Gasteiger charge is 2.34. The molecule has 0 fully saturated rings. The zero-order chi connectivity index (χ0) is 20.4. The first kappa shape index (κ1) is 19.5. The normalized spacial score (nSPS) is 18.0. The zero-order valence-corrected chi connectivity index (χ0v) is 17.2. The van der Waals surface area contributed by atoms with Crippen LogP contribution in [0.3, 0.4) is 0 Å². The summed E-state index contributed by atoms with van der Waals surface area (Å²) >= 11 is 1.27. The largest absolute Gasteiger partial charge is 0.352 e. The molecule has 0 amide bonds. The number of fused-ring (bicyclic) bond motifs is 1. The molecule has 3 N–H and O–H groups in total. The molecule has 2 heterocycles. The van der Waals surface area contributed by atoms with E-state index < -0.39 is 5.85 Å². The van der Waals surface area contributed by atoms with Crippen LogP contribution in [0.25, 0.3) is 0 Å². The number of thioether (sulfide) groups is 1. The third-order valence-electron chi connectivity index (χ3n) is 4.84. The van der Waals surface area contributed by atoms with E-state index in [4.69, 9.17) is 0 Å². The van der Waals surface area contributed by atoms with Gasteiger partial charge in [-0.3, -0.25) is 10.2 Å². The van der Waals surface area contributed by atoms with Crippen LogP contribution in [0.15, 0.2) is 58.5 Å². The Morgan fingerprint density at radius 2 is 1.97 bits per heavy atom. The predicted octanol–water partition coefficient (Wildman–Crippen LogP) is 2.51. The number of aliphatic hydroxyl groups is 1. The minimum Gasteiger partial charge on any atom is -0.352 e. The quantitative estimate of drug-likeness (QED) is 0.558. The Labute approximate surface area is 173 Å². The van der Waals surface area contributed by atoms with Crippen LogP contribution in [-0.2, 0) is 12.8 Å². The summed E-state index contributed by atoms with van der Waals surface area (Å²) in [5.74, 6) is -1.21. The maximum absolute atomic E-state index is 13.0. The van der Waals surface area contributed by atoms with Gasteiger partial charge in [0.15, 0.2) is 0 Å². The number of anilines is 1. The van der Waals surface area contributed by atoms with Crippen molar-refractivity contribution in [1.29, 1.82) is 0 Å². The molecule has 150 valence electrons. The number of hydrogen-bond acceptors (Lipinski definition) is 7. The van der Waals surface area contributed by atoms with Crippen molar-refractivity contribution >= 4 is 17.4 Å². The lowest BCUT2D eigenvalue weighted by Crippen LogP contribution is -2.58. The summed E-state index contributed by atoms with van der Waals surface area (Å²) in [7, 11) is 0. The summed E-state index contributed by atoms with van der Waals surface area (Å²) in [6, 6.07) is 15.7. The van der Waals surface area contributed by atoms with Crippen LogP contribution >= 0.6 is 11.8 Å². The lowest BCUT2D eigenvalue weighted by atomic mass is 10.1. The van der Waals surface area contributed by atoms with Gasteiger partial charge in [-0.2, -0.15) is 4.68 Å². The Balaban J connectivity index is 1.61. The fraction of sp³-hybridized carbons (Fsp3) is 0.286. The van der Waals surface area contributed by atoms with Crippen molar-refractivity contribution in [3.63, 3.8) is 0 Å². The summed E-state index contributed by atoms with van der Waals surface area (Å²) in [4.78, 5) is 13.0. The van der Waals surface area contributed by atoms with Gasteiger partial charge in [-0.25, -0.2) is 0 Å². The molecule has 0 bridgehead atoms. The van der Waals surface area contributed by atoms with Crippen molar-refractivity contribution in [1.82, 2.24) is 14.9 Å². The van der Waals surface area contributed by atoms with Crippen LogP contribution in [-0.4, -0.2) is 31.6 Å². The molecule has 29 heavy (non-hydrogen) atoms. The van der Waals surface area contributed by atoms with Crippen LogP contribution in [0.1, 0.15) is 29.3 Å². The van der Waals surface area contributed by atoms with Gasteiger partial charge in [0, 0.05) is 12.1 Å². The Hall–Kier alpha value is -2.84. The van der Waals surface area contributed by atoms with Gasteiger partial charge in [0.1, 0.15) is 5.69 Å². The highest BCUT2D eigenvalue weighted by Crippen LogP contribution is 2.27. The minimum atomic E-state index is -1.49. The number of para-hydroxylation sites is 1. The predicted molar refractivity (Wildman–Crippen MR) is 115 cm³/mol. The number of aryl methyl sites for hydroxylation is 2. The van der Waals surface area contributed by atoms with Crippen LogP contribution in [0.4, 0.5) is 5.69 Å². The average molecular weight is 410 g/mol. The Morgan fingerprint density at radius 1 is 1.21 bits per heavy atom. The topological polar surface area (TPSA) is 92.1 Å². The molecular formula is C21H23N5O2S. The summed E-state index contributed by atoms with van der Waals surface area (Å²) in [6.07, 6.45) is 1.21. The summed E-state index contributed by atoms with van der Waals surface area (Å²) in [5.41, 5.74) is 6.96. The summed E-state index contributed by atoms with van der Waals surface area (Å²) < 4.78 is 1.28. The first-order valence-corrected chi connectivity index (χ1v) is 10.5. The minimum absolute atomic E-state index is 0.274. The molecule has 3 aromatic rings.